The monoisotopic (exact) mass is 407 g/mol. The van der Waals surface area contributed by atoms with E-state index >= 15 is 0 Å². The molecule has 152 valence electrons. The quantitative estimate of drug-likeness (QED) is 0.793. The minimum atomic E-state index is -3.57. The van der Waals surface area contributed by atoms with E-state index < -0.39 is 10.0 Å². The van der Waals surface area contributed by atoms with Gasteiger partial charge >= 0.3 is 0 Å². The molecular weight excluding hydrogens is 382 g/mol. The standard InChI is InChI=1S/C19H25N3O5S/c20-18-17-15(12-28(24,25)21-18)4-1-5-16(17)27-10-13-3-2-7-22(9-13)19(23)14-6-8-26-11-14/h1,4-5,13-14H,2-3,6-12H2,(H2,20,21)/t13-,14?/m0/s1. The number of carbonyl (C=O) groups excluding carboxylic acids is 1. The molecule has 0 aromatic heterocycles. The van der Waals surface area contributed by atoms with E-state index in [1.165, 1.54) is 0 Å². The summed E-state index contributed by atoms with van der Waals surface area (Å²) < 4.78 is 38.6. The molecule has 3 aliphatic heterocycles. The average Bonchev–Trinajstić information content (AvgIpc) is 3.19. The summed E-state index contributed by atoms with van der Waals surface area (Å²) in [6.07, 6.45) is 2.73. The number of likely N-dealkylation sites (tertiary alicyclic amines) is 1. The Hall–Kier alpha value is -2.13. The van der Waals surface area contributed by atoms with Crippen LogP contribution in [0.2, 0.25) is 0 Å². The molecule has 0 aliphatic carbocycles. The van der Waals surface area contributed by atoms with Crippen LogP contribution in [0.15, 0.2) is 22.6 Å². The van der Waals surface area contributed by atoms with Crippen LogP contribution < -0.4 is 10.5 Å². The smallest absolute Gasteiger partial charge is 0.259 e. The SMILES string of the molecule is NC1=NS(=O)(=O)Cc2cccc(OC[C@H]3CCCN(C(=O)C4CCOC4)C3)c21. The van der Waals surface area contributed by atoms with E-state index in [1.54, 1.807) is 18.2 Å². The zero-order valence-electron chi connectivity index (χ0n) is 15.7. The van der Waals surface area contributed by atoms with E-state index in [0.717, 1.165) is 25.8 Å². The van der Waals surface area contributed by atoms with Gasteiger partial charge < -0.3 is 20.1 Å². The fraction of sp³-hybridized carbons (Fsp3) is 0.579. The third-order valence-electron chi connectivity index (χ3n) is 5.53. The van der Waals surface area contributed by atoms with Gasteiger partial charge in [-0.1, -0.05) is 12.1 Å². The molecule has 2 saturated heterocycles. The lowest BCUT2D eigenvalue weighted by molar-refractivity contribution is -0.137. The van der Waals surface area contributed by atoms with Crippen LogP contribution in [0, 0.1) is 11.8 Å². The van der Waals surface area contributed by atoms with E-state index in [9.17, 15) is 13.2 Å². The summed E-state index contributed by atoms with van der Waals surface area (Å²) in [4.78, 5) is 14.6. The van der Waals surface area contributed by atoms with E-state index in [-0.39, 0.29) is 29.3 Å². The van der Waals surface area contributed by atoms with Crippen molar-refractivity contribution in [3.05, 3.63) is 29.3 Å². The van der Waals surface area contributed by atoms with Crippen molar-refractivity contribution in [1.29, 1.82) is 0 Å². The van der Waals surface area contributed by atoms with Crippen molar-refractivity contribution < 1.29 is 22.7 Å². The van der Waals surface area contributed by atoms with Gasteiger partial charge in [0.2, 0.25) is 5.91 Å². The van der Waals surface area contributed by atoms with Crippen LogP contribution >= 0.6 is 0 Å². The van der Waals surface area contributed by atoms with Crippen LogP contribution in [-0.4, -0.2) is 58.0 Å². The van der Waals surface area contributed by atoms with Gasteiger partial charge in [-0.15, -0.1) is 4.40 Å². The number of piperidine rings is 1. The lowest BCUT2D eigenvalue weighted by atomic mass is 9.97. The number of nitrogens with zero attached hydrogens (tertiary/aromatic N) is 2. The van der Waals surface area contributed by atoms with Gasteiger partial charge in [-0.25, -0.2) is 8.42 Å². The second-order valence-corrected chi connectivity index (χ2v) is 9.29. The summed E-state index contributed by atoms with van der Waals surface area (Å²) in [6, 6.07) is 5.27. The second-order valence-electron chi connectivity index (χ2n) is 7.66. The van der Waals surface area contributed by atoms with E-state index in [2.05, 4.69) is 4.40 Å². The Morgan fingerprint density at radius 3 is 3.00 bits per heavy atom. The zero-order chi connectivity index (χ0) is 19.7. The van der Waals surface area contributed by atoms with Crippen molar-refractivity contribution in [2.24, 2.45) is 22.0 Å². The molecule has 9 heteroatoms. The Kier molecular flexibility index (Phi) is 5.29. The zero-order valence-corrected chi connectivity index (χ0v) is 16.5. The van der Waals surface area contributed by atoms with Crippen molar-refractivity contribution in [3.63, 3.8) is 0 Å². The Labute approximate surface area is 164 Å². The van der Waals surface area contributed by atoms with Gasteiger partial charge in [-0.05, 0) is 30.9 Å². The first-order chi connectivity index (χ1) is 13.4. The number of sulfonamides is 1. The number of carbonyl (C=O) groups is 1. The number of ether oxygens (including phenoxy) is 2. The fourth-order valence-corrected chi connectivity index (χ4v) is 5.22. The molecule has 2 atom stereocenters. The molecule has 1 amide bonds. The van der Waals surface area contributed by atoms with Crippen LogP contribution in [0.25, 0.3) is 0 Å². The van der Waals surface area contributed by atoms with Crippen molar-refractivity contribution in [2.45, 2.75) is 25.0 Å². The highest BCUT2D eigenvalue weighted by molar-refractivity contribution is 7.89. The Balaban J connectivity index is 1.42. The lowest BCUT2D eigenvalue weighted by Crippen LogP contribution is -2.44. The number of amidine groups is 1. The molecule has 8 nitrogen and oxygen atoms in total. The highest BCUT2D eigenvalue weighted by Gasteiger charge is 2.32. The summed E-state index contributed by atoms with van der Waals surface area (Å²) in [5.41, 5.74) is 7.05. The summed E-state index contributed by atoms with van der Waals surface area (Å²) in [5, 5.41) is 0. The third-order valence-corrected chi connectivity index (χ3v) is 6.68. The molecule has 1 aromatic carbocycles. The summed E-state index contributed by atoms with van der Waals surface area (Å²) in [7, 11) is -3.57. The van der Waals surface area contributed by atoms with Gasteiger partial charge in [0.25, 0.3) is 10.0 Å². The Morgan fingerprint density at radius 1 is 1.36 bits per heavy atom. The first-order valence-electron chi connectivity index (χ1n) is 9.62. The van der Waals surface area contributed by atoms with E-state index in [1.807, 2.05) is 4.90 Å². The molecule has 28 heavy (non-hydrogen) atoms. The lowest BCUT2D eigenvalue weighted by Gasteiger charge is -2.34. The summed E-state index contributed by atoms with van der Waals surface area (Å²) in [5.74, 6) is 0.732. The van der Waals surface area contributed by atoms with E-state index in [0.29, 0.717) is 43.2 Å². The molecule has 1 unspecified atom stereocenters. The minimum Gasteiger partial charge on any atom is -0.492 e. The molecule has 2 fully saturated rings. The number of benzene rings is 1. The minimum absolute atomic E-state index is 0.0150. The third kappa shape index (κ3) is 4.00. The van der Waals surface area contributed by atoms with Gasteiger partial charge in [-0.3, -0.25) is 4.79 Å². The molecule has 3 heterocycles. The van der Waals surface area contributed by atoms with Gasteiger partial charge in [0.15, 0.2) is 0 Å². The molecule has 3 aliphatic rings. The Morgan fingerprint density at radius 2 is 2.21 bits per heavy atom. The van der Waals surface area contributed by atoms with Gasteiger partial charge in [0.05, 0.1) is 30.4 Å². The maximum absolute atomic E-state index is 12.6. The molecular formula is C19H25N3O5S. The first-order valence-corrected chi connectivity index (χ1v) is 11.2. The number of amides is 1. The maximum Gasteiger partial charge on any atom is 0.259 e. The number of hydrogen-bond acceptors (Lipinski definition) is 6. The number of hydrogen-bond donors (Lipinski definition) is 1. The summed E-state index contributed by atoms with van der Waals surface area (Å²) in [6.45, 7) is 3.08. The second kappa shape index (κ2) is 7.71. The first kappa shape index (κ1) is 19.2. The van der Waals surface area contributed by atoms with Gasteiger partial charge in [-0.2, -0.15) is 0 Å². The van der Waals surface area contributed by atoms with Crippen LogP contribution in [-0.2, 0) is 25.3 Å². The average molecular weight is 407 g/mol. The molecule has 0 bridgehead atoms. The molecule has 0 spiro atoms. The summed E-state index contributed by atoms with van der Waals surface area (Å²) >= 11 is 0. The number of nitrogens with two attached hydrogens (primary N) is 1. The molecule has 2 N–H and O–H groups in total. The van der Waals surface area contributed by atoms with Crippen molar-refractivity contribution >= 4 is 21.8 Å². The highest BCUT2D eigenvalue weighted by Crippen LogP contribution is 2.29. The number of rotatable bonds is 4. The molecule has 4 rings (SSSR count). The van der Waals surface area contributed by atoms with Crippen LogP contribution in [0.3, 0.4) is 0 Å². The van der Waals surface area contributed by atoms with Crippen LogP contribution in [0.1, 0.15) is 30.4 Å². The van der Waals surface area contributed by atoms with Crippen LogP contribution in [0.4, 0.5) is 0 Å². The van der Waals surface area contributed by atoms with Crippen LogP contribution in [0.5, 0.6) is 5.75 Å². The van der Waals surface area contributed by atoms with Crippen molar-refractivity contribution in [1.82, 2.24) is 4.90 Å². The molecule has 0 radical (unpaired) electrons. The molecule has 0 saturated carbocycles. The largest absolute Gasteiger partial charge is 0.492 e. The topological polar surface area (TPSA) is 111 Å². The van der Waals surface area contributed by atoms with Crippen molar-refractivity contribution in [3.8, 4) is 5.75 Å². The molecule has 1 aromatic rings. The van der Waals surface area contributed by atoms with Crippen molar-refractivity contribution in [2.75, 3.05) is 32.9 Å². The van der Waals surface area contributed by atoms with Gasteiger partial charge in [0.1, 0.15) is 11.6 Å². The predicted octanol–water partition coefficient (Wildman–Crippen LogP) is 0.889. The van der Waals surface area contributed by atoms with Gasteiger partial charge in [0, 0.05) is 25.6 Å². The normalized spacial score (nSPS) is 26.4. The number of fused-ring (bicyclic) bond motifs is 1. The predicted molar refractivity (Wildman–Crippen MR) is 104 cm³/mol. The Bertz CT molecular complexity index is 893. The van der Waals surface area contributed by atoms with E-state index in [4.69, 9.17) is 15.2 Å². The fourth-order valence-electron chi connectivity index (χ4n) is 4.13. The highest BCUT2D eigenvalue weighted by atomic mass is 32.2. The maximum atomic E-state index is 12.6.